The maximum absolute atomic E-state index is 12.4. The van der Waals surface area contributed by atoms with Gasteiger partial charge in [0.2, 0.25) is 5.91 Å². The van der Waals surface area contributed by atoms with E-state index in [-0.39, 0.29) is 18.2 Å². The van der Waals surface area contributed by atoms with Gasteiger partial charge in [0.15, 0.2) is 0 Å². The zero-order valence-electron chi connectivity index (χ0n) is 15.4. The number of carbonyl (C=O) groups excluding carboxylic acids is 2. The number of amides is 2. The number of hydrogen-bond donors (Lipinski definition) is 1. The fourth-order valence-corrected chi connectivity index (χ4v) is 2.67. The summed E-state index contributed by atoms with van der Waals surface area (Å²) in [7, 11) is 0. The summed E-state index contributed by atoms with van der Waals surface area (Å²) < 4.78 is 45.6. The molecule has 150 valence electrons. The molecule has 0 bridgehead atoms. The standard InChI is InChI=1S/C18H23F3N2O4/c1-17(2,3)27-16(25)23-10-4-5-12(11-23)15(24)22-13-6-8-14(9-7-13)26-18(19,20)21/h6-9,12H,4-5,10-11H2,1-3H3,(H,22,24)/t12-/m1/s1. The van der Waals surface area contributed by atoms with Crippen LogP contribution >= 0.6 is 0 Å². The number of likely N-dealkylation sites (tertiary alicyclic amines) is 1. The van der Waals surface area contributed by atoms with Gasteiger partial charge in [-0.1, -0.05) is 0 Å². The average Bonchev–Trinajstić information content (AvgIpc) is 2.54. The molecule has 0 radical (unpaired) electrons. The van der Waals surface area contributed by atoms with E-state index < -0.39 is 24.0 Å². The van der Waals surface area contributed by atoms with E-state index in [1.165, 1.54) is 17.0 Å². The van der Waals surface area contributed by atoms with E-state index in [9.17, 15) is 22.8 Å². The minimum atomic E-state index is -4.77. The average molecular weight is 388 g/mol. The lowest BCUT2D eigenvalue weighted by Crippen LogP contribution is -2.45. The van der Waals surface area contributed by atoms with Crippen molar-refractivity contribution in [3.8, 4) is 5.75 Å². The fourth-order valence-electron chi connectivity index (χ4n) is 2.67. The molecule has 1 aromatic rings. The van der Waals surface area contributed by atoms with Crippen LogP contribution in [-0.4, -0.2) is 42.0 Å². The summed E-state index contributed by atoms with van der Waals surface area (Å²) in [5.74, 6) is -1.08. The summed E-state index contributed by atoms with van der Waals surface area (Å²) in [5.41, 5.74) is -0.268. The number of alkyl halides is 3. The van der Waals surface area contributed by atoms with Crippen LogP contribution in [0, 0.1) is 5.92 Å². The first-order chi connectivity index (χ1) is 12.4. The van der Waals surface area contributed by atoms with Crippen molar-refractivity contribution in [2.45, 2.75) is 45.6 Å². The molecule has 1 fully saturated rings. The third-order valence-electron chi connectivity index (χ3n) is 3.80. The zero-order valence-corrected chi connectivity index (χ0v) is 15.4. The summed E-state index contributed by atoms with van der Waals surface area (Å²) in [6.07, 6.45) is -3.96. The summed E-state index contributed by atoms with van der Waals surface area (Å²) in [4.78, 5) is 26.1. The van der Waals surface area contributed by atoms with Crippen molar-refractivity contribution in [3.63, 3.8) is 0 Å². The highest BCUT2D eigenvalue weighted by molar-refractivity contribution is 5.93. The van der Waals surface area contributed by atoms with Crippen molar-refractivity contribution in [1.82, 2.24) is 4.90 Å². The second kappa shape index (κ2) is 8.06. The highest BCUT2D eigenvalue weighted by Crippen LogP contribution is 2.25. The van der Waals surface area contributed by atoms with Gasteiger partial charge in [-0.15, -0.1) is 13.2 Å². The zero-order chi connectivity index (χ0) is 20.2. The van der Waals surface area contributed by atoms with Gasteiger partial charge < -0.3 is 19.7 Å². The van der Waals surface area contributed by atoms with Crippen LogP contribution in [0.4, 0.5) is 23.7 Å². The van der Waals surface area contributed by atoms with Crippen molar-refractivity contribution in [2.75, 3.05) is 18.4 Å². The molecule has 9 heteroatoms. The molecule has 1 aliphatic heterocycles. The number of halogens is 3. The molecule has 0 unspecified atom stereocenters. The highest BCUT2D eigenvalue weighted by atomic mass is 19.4. The van der Waals surface area contributed by atoms with E-state index in [4.69, 9.17) is 4.74 Å². The normalized spacial score (nSPS) is 18.0. The lowest BCUT2D eigenvalue weighted by atomic mass is 9.97. The van der Waals surface area contributed by atoms with E-state index >= 15 is 0 Å². The Morgan fingerprint density at radius 1 is 1.15 bits per heavy atom. The van der Waals surface area contributed by atoms with Crippen LogP contribution < -0.4 is 10.1 Å². The molecule has 0 aromatic heterocycles. The Kier molecular flexibility index (Phi) is 6.22. The number of nitrogens with zero attached hydrogens (tertiary/aromatic N) is 1. The smallest absolute Gasteiger partial charge is 0.444 e. The third-order valence-corrected chi connectivity index (χ3v) is 3.80. The molecule has 1 saturated heterocycles. The number of nitrogens with one attached hydrogen (secondary N) is 1. The van der Waals surface area contributed by atoms with Crippen molar-refractivity contribution < 1.29 is 32.2 Å². The van der Waals surface area contributed by atoms with E-state index in [1.54, 1.807) is 20.8 Å². The van der Waals surface area contributed by atoms with E-state index in [0.29, 0.717) is 25.1 Å². The lowest BCUT2D eigenvalue weighted by molar-refractivity contribution is -0.274. The molecule has 2 amide bonds. The first-order valence-electron chi connectivity index (χ1n) is 8.57. The topological polar surface area (TPSA) is 67.9 Å². The summed E-state index contributed by atoms with van der Waals surface area (Å²) in [5, 5.41) is 2.65. The minimum absolute atomic E-state index is 0.232. The molecular weight excluding hydrogens is 365 g/mol. The van der Waals surface area contributed by atoms with Gasteiger partial charge in [0, 0.05) is 18.8 Å². The van der Waals surface area contributed by atoms with Crippen LogP contribution in [-0.2, 0) is 9.53 Å². The van der Waals surface area contributed by atoms with Gasteiger partial charge in [-0.25, -0.2) is 4.79 Å². The van der Waals surface area contributed by atoms with Gasteiger partial charge in [0.1, 0.15) is 11.4 Å². The quantitative estimate of drug-likeness (QED) is 0.844. The Balaban J connectivity index is 1.92. The van der Waals surface area contributed by atoms with E-state index in [2.05, 4.69) is 10.1 Å². The van der Waals surface area contributed by atoms with Gasteiger partial charge in [-0.05, 0) is 57.9 Å². The number of carbonyl (C=O) groups is 2. The Morgan fingerprint density at radius 2 is 1.78 bits per heavy atom. The highest BCUT2D eigenvalue weighted by Gasteiger charge is 2.32. The number of anilines is 1. The number of piperidine rings is 1. The van der Waals surface area contributed by atoms with Crippen LogP contribution in [0.2, 0.25) is 0 Å². The SMILES string of the molecule is CC(C)(C)OC(=O)N1CCC[C@@H](C(=O)Nc2ccc(OC(F)(F)F)cc2)C1. The maximum Gasteiger partial charge on any atom is 0.573 e. The largest absolute Gasteiger partial charge is 0.573 e. The maximum atomic E-state index is 12.4. The monoisotopic (exact) mass is 388 g/mol. The molecule has 1 aliphatic rings. The molecule has 1 heterocycles. The van der Waals surface area contributed by atoms with E-state index in [1.807, 2.05) is 0 Å². The number of hydrogen-bond acceptors (Lipinski definition) is 4. The van der Waals surface area contributed by atoms with Crippen molar-refractivity contribution >= 4 is 17.7 Å². The van der Waals surface area contributed by atoms with Crippen LogP contribution in [0.3, 0.4) is 0 Å². The molecule has 6 nitrogen and oxygen atoms in total. The first-order valence-corrected chi connectivity index (χ1v) is 8.57. The summed E-state index contributed by atoms with van der Waals surface area (Å²) in [6, 6.07) is 4.90. The molecule has 0 aliphatic carbocycles. The Hall–Kier alpha value is -2.45. The van der Waals surface area contributed by atoms with E-state index in [0.717, 1.165) is 12.1 Å². The predicted octanol–water partition coefficient (Wildman–Crippen LogP) is 4.17. The predicted molar refractivity (Wildman–Crippen MR) is 92.3 cm³/mol. The molecular formula is C18H23F3N2O4. The molecule has 0 spiro atoms. The Bertz CT molecular complexity index is 669. The lowest BCUT2D eigenvalue weighted by Gasteiger charge is -2.33. The van der Waals surface area contributed by atoms with Crippen LogP contribution in [0.25, 0.3) is 0 Å². The van der Waals surface area contributed by atoms with Crippen molar-refractivity contribution in [2.24, 2.45) is 5.92 Å². The van der Waals surface area contributed by atoms with Gasteiger partial charge in [-0.2, -0.15) is 0 Å². The number of ether oxygens (including phenoxy) is 2. The minimum Gasteiger partial charge on any atom is -0.444 e. The van der Waals surface area contributed by atoms with Gasteiger partial charge in [-0.3, -0.25) is 4.79 Å². The molecule has 2 rings (SSSR count). The van der Waals surface area contributed by atoms with Gasteiger partial charge in [0.05, 0.1) is 5.92 Å². The molecule has 0 saturated carbocycles. The van der Waals surface area contributed by atoms with Crippen LogP contribution in [0.15, 0.2) is 24.3 Å². The second-order valence-corrected chi connectivity index (χ2v) is 7.33. The second-order valence-electron chi connectivity index (χ2n) is 7.33. The molecule has 1 N–H and O–H groups in total. The third kappa shape index (κ3) is 6.99. The van der Waals surface area contributed by atoms with Crippen LogP contribution in [0.5, 0.6) is 5.75 Å². The molecule has 27 heavy (non-hydrogen) atoms. The molecule has 1 aromatic carbocycles. The van der Waals surface area contributed by atoms with Crippen molar-refractivity contribution in [3.05, 3.63) is 24.3 Å². The van der Waals surface area contributed by atoms with Crippen molar-refractivity contribution in [1.29, 1.82) is 0 Å². The van der Waals surface area contributed by atoms with Crippen LogP contribution in [0.1, 0.15) is 33.6 Å². The van der Waals surface area contributed by atoms with Gasteiger partial charge in [0.25, 0.3) is 0 Å². The Labute approximate surface area is 155 Å². The summed E-state index contributed by atoms with van der Waals surface area (Å²) >= 11 is 0. The van der Waals surface area contributed by atoms with Gasteiger partial charge >= 0.3 is 12.5 Å². The first kappa shape index (κ1) is 20.9. The summed E-state index contributed by atoms with van der Waals surface area (Å²) in [6.45, 7) is 6.06. The number of rotatable bonds is 3. The molecule has 1 atom stereocenters. The number of benzene rings is 1. The fraction of sp³-hybridized carbons (Fsp3) is 0.556. The Morgan fingerprint density at radius 3 is 2.33 bits per heavy atom.